The molecule has 4 atom stereocenters. The molecule has 1 amide bonds. The molecule has 16 nitrogen and oxygen atoms in total. The summed E-state index contributed by atoms with van der Waals surface area (Å²) < 4.78 is 53.0. The van der Waals surface area contributed by atoms with Crippen LogP contribution in [0.5, 0.6) is 5.75 Å². The van der Waals surface area contributed by atoms with Crippen molar-refractivity contribution in [2.75, 3.05) is 38.7 Å². The van der Waals surface area contributed by atoms with Crippen LogP contribution in [0.3, 0.4) is 0 Å². The van der Waals surface area contributed by atoms with Crippen LogP contribution in [0.4, 0.5) is 5.95 Å². The molecule has 1 aromatic carbocycles. The molecule has 0 saturated carbocycles. The molecule has 53 heavy (non-hydrogen) atoms. The number of hydrogen-bond acceptors (Lipinski definition) is 13. The molecule has 0 bridgehead atoms. The highest BCUT2D eigenvalue weighted by Crippen LogP contribution is 2.49. The van der Waals surface area contributed by atoms with Crippen LogP contribution >= 0.6 is 0 Å². The van der Waals surface area contributed by atoms with E-state index in [-0.39, 0.29) is 79.1 Å². The van der Waals surface area contributed by atoms with E-state index in [0.29, 0.717) is 5.75 Å². The largest absolute Gasteiger partial charge is 0.484 e. The van der Waals surface area contributed by atoms with E-state index in [2.05, 4.69) is 75.7 Å². The van der Waals surface area contributed by atoms with Gasteiger partial charge in [-0.25, -0.2) is 4.98 Å². The van der Waals surface area contributed by atoms with Crippen molar-refractivity contribution in [3.63, 3.8) is 0 Å². The number of H-pyrrole nitrogens is 1. The standard InChI is InChI=1S/C35H52N6O10Si2/c1-22(2)52(23(3)4)48-17-27-30(50-53(51-52,24(5)6)25(7)8)31(47-21-45-20-44-16-12-15-36)34(49-27)41-19-37-29-32(41)39-35(40-33(29)43)38-28(42)18-46-26-13-10-9-11-14-26/h9-11,13-14,19,22-25,27,30-31,34H,12,16-18,20-21H2,1-8H3,(H2,38,39,40,42,43)/t27-,30+,31?,34-/m1/s1. The molecular weight excluding hydrogens is 721 g/mol. The Morgan fingerprint density at radius 3 is 2.40 bits per heavy atom. The summed E-state index contributed by atoms with van der Waals surface area (Å²) in [4.78, 5) is 37.6. The third-order valence-corrected chi connectivity index (χ3v) is 19.8. The van der Waals surface area contributed by atoms with Crippen molar-refractivity contribution in [3.8, 4) is 11.8 Å². The van der Waals surface area contributed by atoms with Gasteiger partial charge in [-0.15, -0.1) is 0 Å². The van der Waals surface area contributed by atoms with E-state index in [1.54, 1.807) is 28.8 Å². The van der Waals surface area contributed by atoms with Crippen molar-refractivity contribution < 1.29 is 41.4 Å². The molecule has 4 heterocycles. The van der Waals surface area contributed by atoms with E-state index in [9.17, 15) is 9.59 Å². The van der Waals surface area contributed by atoms with Gasteiger partial charge in [0.2, 0.25) is 5.95 Å². The molecule has 18 heteroatoms. The van der Waals surface area contributed by atoms with E-state index >= 15 is 0 Å². The number of nitrogens with zero attached hydrogens (tertiary/aromatic N) is 4. The molecule has 0 radical (unpaired) electrons. The minimum atomic E-state index is -3.09. The summed E-state index contributed by atoms with van der Waals surface area (Å²) in [7, 11) is -5.97. The van der Waals surface area contributed by atoms with Crippen LogP contribution in [0.1, 0.15) is 68.0 Å². The van der Waals surface area contributed by atoms with Crippen molar-refractivity contribution in [1.82, 2.24) is 19.5 Å². The fraction of sp³-hybridized carbons (Fsp3) is 0.629. The second-order valence-corrected chi connectivity index (χ2v) is 23.2. The number of aromatic nitrogens is 4. The number of ether oxygens (including phenoxy) is 5. The zero-order chi connectivity index (χ0) is 38.3. The van der Waals surface area contributed by atoms with Crippen LogP contribution in [0, 0.1) is 11.3 Å². The second-order valence-electron chi connectivity index (χ2n) is 14.4. The minimum Gasteiger partial charge on any atom is -0.484 e. The molecule has 290 valence electrons. The minimum absolute atomic E-state index is 0.0389. The van der Waals surface area contributed by atoms with E-state index < -0.39 is 53.1 Å². The zero-order valence-electron chi connectivity index (χ0n) is 31.7. The van der Waals surface area contributed by atoms with Gasteiger partial charge in [-0.1, -0.05) is 73.6 Å². The molecule has 5 rings (SSSR count). The number of nitriles is 1. The van der Waals surface area contributed by atoms with E-state index in [0.717, 1.165) is 0 Å². The molecule has 2 saturated heterocycles. The van der Waals surface area contributed by atoms with Crippen LogP contribution in [0.2, 0.25) is 22.2 Å². The molecule has 0 spiro atoms. The van der Waals surface area contributed by atoms with E-state index in [4.69, 9.17) is 41.9 Å². The molecule has 2 N–H and O–H groups in total. The number of rotatable bonds is 16. The number of aromatic amines is 1. The van der Waals surface area contributed by atoms with Crippen molar-refractivity contribution in [3.05, 3.63) is 47.0 Å². The van der Waals surface area contributed by atoms with Gasteiger partial charge in [0.05, 0.1) is 32.0 Å². The Morgan fingerprint density at radius 2 is 1.74 bits per heavy atom. The summed E-state index contributed by atoms with van der Waals surface area (Å²) in [5.41, 5.74) is -0.0110. The summed E-state index contributed by atoms with van der Waals surface area (Å²) >= 11 is 0. The van der Waals surface area contributed by atoms with Crippen molar-refractivity contribution in [2.45, 2.75) is 109 Å². The monoisotopic (exact) mass is 772 g/mol. The molecule has 1 unspecified atom stereocenters. The SMILES string of the molecule is CC(C)[Si]1(C(C)C)OC[C@H]2O[C@@H](n3cnc4c(=O)[nH]c(NC(=O)COc5ccccc5)nc43)C(OCOCOCCC#N)[C@H]2O[Si](C(C)C)(C(C)C)O1. The first-order valence-corrected chi connectivity index (χ1v) is 22.0. The Balaban J connectivity index is 1.49. The predicted octanol–water partition coefficient (Wildman–Crippen LogP) is 5.24. The topological polar surface area (TPSA) is 190 Å². The number of nitrogens with one attached hydrogen (secondary N) is 2. The molecule has 0 aliphatic carbocycles. The summed E-state index contributed by atoms with van der Waals surface area (Å²) in [5.74, 6) is -0.0902. The summed E-state index contributed by atoms with van der Waals surface area (Å²) in [6.07, 6.45) is -1.28. The normalized spacial score (nSPS) is 22.5. The van der Waals surface area contributed by atoms with Gasteiger partial charge in [0, 0.05) is 0 Å². The first kappa shape index (κ1) is 40.7. The lowest BCUT2D eigenvalue weighted by molar-refractivity contribution is -0.174. The van der Waals surface area contributed by atoms with E-state index in [1.807, 2.05) is 12.1 Å². The van der Waals surface area contributed by atoms with Gasteiger partial charge in [-0.2, -0.15) is 10.2 Å². The maximum Gasteiger partial charge on any atom is 0.335 e. The number of carbonyl (C=O) groups is 1. The van der Waals surface area contributed by atoms with Crippen LogP contribution < -0.4 is 15.6 Å². The zero-order valence-corrected chi connectivity index (χ0v) is 33.7. The van der Waals surface area contributed by atoms with Crippen LogP contribution in [-0.4, -0.2) is 94.3 Å². The number of anilines is 1. The third-order valence-electron chi connectivity index (χ3n) is 9.56. The van der Waals surface area contributed by atoms with Gasteiger partial charge < -0.3 is 36.7 Å². The van der Waals surface area contributed by atoms with Crippen LogP contribution in [0.25, 0.3) is 11.2 Å². The van der Waals surface area contributed by atoms with Crippen molar-refractivity contribution >= 4 is 40.1 Å². The Hall–Kier alpha value is -3.52. The Bertz CT molecular complexity index is 1750. The lowest BCUT2D eigenvalue weighted by atomic mass is 10.1. The lowest BCUT2D eigenvalue weighted by Crippen LogP contribution is -2.66. The summed E-state index contributed by atoms with van der Waals surface area (Å²) in [6, 6.07) is 10.9. The highest BCUT2D eigenvalue weighted by Gasteiger charge is 2.62. The van der Waals surface area contributed by atoms with Gasteiger partial charge in [0.25, 0.3) is 11.5 Å². The first-order chi connectivity index (χ1) is 25.3. The number of fused-ring (bicyclic) bond motifs is 2. The van der Waals surface area contributed by atoms with Gasteiger partial charge in [-0.05, 0) is 34.3 Å². The fourth-order valence-corrected chi connectivity index (χ4v) is 18.1. The number of para-hydroxylation sites is 1. The fourth-order valence-electron chi connectivity index (χ4n) is 6.93. The molecule has 2 fully saturated rings. The van der Waals surface area contributed by atoms with Gasteiger partial charge in [0.1, 0.15) is 37.6 Å². The molecule has 2 aromatic heterocycles. The summed E-state index contributed by atoms with van der Waals surface area (Å²) in [5, 5.41) is 11.4. The maximum atomic E-state index is 13.2. The first-order valence-electron chi connectivity index (χ1n) is 18.1. The quantitative estimate of drug-likeness (QED) is 0.109. The number of carbonyl (C=O) groups excluding carboxylic acids is 1. The number of benzene rings is 1. The number of amides is 1. The molecule has 3 aromatic rings. The number of hydrogen-bond donors (Lipinski definition) is 2. The van der Waals surface area contributed by atoms with Gasteiger partial charge >= 0.3 is 17.1 Å². The smallest absolute Gasteiger partial charge is 0.335 e. The van der Waals surface area contributed by atoms with Crippen molar-refractivity contribution in [2.24, 2.45) is 0 Å². The third kappa shape index (κ3) is 8.90. The van der Waals surface area contributed by atoms with Crippen LogP contribution in [-0.2, 0) is 36.7 Å². The Labute approximate surface area is 311 Å². The van der Waals surface area contributed by atoms with Crippen LogP contribution in [0.15, 0.2) is 41.5 Å². The highest BCUT2D eigenvalue weighted by atomic mass is 28.5. The second kappa shape index (κ2) is 17.7. The number of imidazole rings is 1. The molecule has 2 aliphatic rings. The average Bonchev–Trinajstić information content (AvgIpc) is 3.67. The van der Waals surface area contributed by atoms with Crippen molar-refractivity contribution in [1.29, 1.82) is 5.26 Å². The molecule has 2 aliphatic heterocycles. The maximum absolute atomic E-state index is 13.2. The van der Waals surface area contributed by atoms with E-state index in [1.165, 1.54) is 6.33 Å². The highest BCUT2D eigenvalue weighted by molar-refractivity contribution is 6.84. The van der Waals surface area contributed by atoms with Gasteiger partial charge in [0.15, 0.2) is 24.0 Å². The molecular formula is C35H52N6O10Si2. The average molecular weight is 773 g/mol. The summed E-state index contributed by atoms with van der Waals surface area (Å²) in [6.45, 7) is 17.0. The predicted molar refractivity (Wildman–Crippen MR) is 198 cm³/mol. The Kier molecular flexibility index (Phi) is 13.6. The lowest BCUT2D eigenvalue weighted by Gasteiger charge is -2.51. The Morgan fingerprint density at radius 1 is 1.04 bits per heavy atom. The van der Waals surface area contributed by atoms with Gasteiger partial charge in [-0.3, -0.25) is 24.5 Å².